The molecule has 0 bridgehead atoms. The topological polar surface area (TPSA) is 48.1 Å². The number of nitrogens with two attached hydrogens (primary N) is 1. The van der Waals surface area contributed by atoms with Crippen molar-refractivity contribution in [3.8, 4) is 5.75 Å². The number of ether oxygens (including phenoxy) is 1. The number of aromatic nitrogens is 1. The Bertz CT molecular complexity index is 599. The van der Waals surface area contributed by atoms with Gasteiger partial charge >= 0.3 is 0 Å². The number of benzene rings is 1. The minimum atomic E-state index is -0.643. The highest BCUT2D eigenvalue weighted by molar-refractivity contribution is 5.48. The van der Waals surface area contributed by atoms with Crippen molar-refractivity contribution in [2.45, 2.75) is 19.9 Å². The molecule has 1 atom stereocenters. The lowest BCUT2D eigenvalue weighted by Gasteiger charge is -2.18. The Morgan fingerprint density at radius 1 is 1.26 bits per heavy atom. The Hall–Kier alpha value is -1.94. The molecular weight excluding hydrogens is 243 g/mol. The van der Waals surface area contributed by atoms with E-state index in [1.807, 2.05) is 26.0 Å². The number of hydrogen-bond donors (Lipinski definition) is 1. The number of rotatable bonds is 3. The fraction of sp³-hybridized carbons (Fsp3) is 0.267. The Morgan fingerprint density at radius 2 is 2.00 bits per heavy atom. The van der Waals surface area contributed by atoms with Gasteiger partial charge in [0.25, 0.3) is 0 Å². The van der Waals surface area contributed by atoms with Gasteiger partial charge in [-0.15, -0.1) is 0 Å². The van der Waals surface area contributed by atoms with Gasteiger partial charge in [-0.05, 0) is 37.1 Å². The highest BCUT2D eigenvalue weighted by Gasteiger charge is 2.20. The van der Waals surface area contributed by atoms with Crippen molar-refractivity contribution in [2.75, 3.05) is 7.11 Å². The number of methoxy groups -OCH3 is 1. The molecule has 19 heavy (non-hydrogen) atoms. The van der Waals surface area contributed by atoms with Crippen LogP contribution in [0.15, 0.2) is 30.5 Å². The monoisotopic (exact) mass is 260 g/mol. The minimum absolute atomic E-state index is 0.226. The molecule has 0 aliphatic heterocycles. The van der Waals surface area contributed by atoms with Crippen molar-refractivity contribution in [2.24, 2.45) is 5.73 Å². The average molecular weight is 260 g/mol. The van der Waals surface area contributed by atoms with E-state index < -0.39 is 11.9 Å². The molecular formula is C15H17FN2O. The number of hydrogen-bond acceptors (Lipinski definition) is 3. The van der Waals surface area contributed by atoms with E-state index in [0.29, 0.717) is 5.75 Å². The third kappa shape index (κ3) is 2.44. The van der Waals surface area contributed by atoms with E-state index in [1.165, 1.54) is 12.3 Å². The van der Waals surface area contributed by atoms with E-state index >= 15 is 0 Å². The molecule has 2 N–H and O–H groups in total. The fourth-order valence-electron chi connectivity index (χ4n) is 2.10. The third-order valence-corrected chi connectivity index (χ3v) is 3.33. The first kappa shape index (κ1) is 13.5. The van der Waals surface area contributed by atoms with Gasteiger partial charge in [0.2, 0.25) is 0 Å². The van der Waals surface area contributed by atoms with E-state index in [4.69, 9.17) is 10.5 Å². The first-order valence-electron chi connectivity index (χ1n) is 6.06. The van der Waals surface area contributed by atoms with E-state index in [1.54, 1.807) is 13.2 Å². The van der Waals surface area contributed by atoms with Crippen molar-refractivity contribution < 1.29 is 9.13 Å². The molecule has 2 aromatic rings. The van der Waals surface area contributed by atoms with Gasteiger partial charge < -0.3 is 10.5 Å². The van der Waals surface area contributed by atoms with Gasteiger partial charge in [-0.3, -0.25) is 4.98 Å². The van der Waals surface area contributed by atoms with Crippen molar-refractivity contribution in [3.63, 3.8) is 0 Å². The van der Waals surface area contributed by atoms with Crippen molar-refractivity contribution in [3.05, 3.63) is 58.7 Å². The SMILES string of the molecule is COc1c(C(N)c2ncccc2F)ccc(C)c1C. The number of halogens is 1. The zero-order chi connectivity index (χ0) is 14.0. The van der Waals surface area contributed by atoms with E-state index in [2.05, 4.69) is 4.98 Å². The largest absolute Gasteiger partial charge is 0.496 e. The summed E-state index contributed by atoms with van der Waals surface area (Å²) in [5.74, 6) is 0.285. The molecule has 0 amide bonds. The highest BCUT2D eigenvalue weighted by atomic mass is 19.1. The predicted octanol–water partition coefficient (Wildman–Crippen LogP) is 2.89. The van der Waals surface area contributed by atoms with Crippen LogP contribution in [0, 0.1) is 19.7 Å². The van der Waals surface area contributed by atoms with Crippen LogP contribution in [0.25, 0.3) is 0 Å². The van der Waals surface area contributed by atoms with Crippen LogP contribution in [0.3, 0.4) is 0 Å². The summed E-state index contributed by atoms with van der Waals surface area (Å²) in [7, 11) is 1.59. The van der Waals surface area contributed by atoms with Crippen LogP contribution in [-0.4, -0.2) is 12.1 Å². The van der Waals surface area contributed by atoms with E-state index in [-0.39, 0.29) is 5.69 Å². The zero-order valence-electron chi connectivity index (χ0n) is 11.3. The summed E-state index contributed by atoms with van der Waals surface area (Å²) in [6, 6.07) is 6.07. The lowest BCUT2D eigenvalue weighted by molar-refractivity contribution is 0.403. The quantitative estimate of drug-likeness (QED) is 0.923. The normalized spacial score (nSPS) is 12.3. The van der Waals surface area contributed by atoms with Gasteiger partial charge in [-0.1, -0.05) is 12.1 Å². The van der Waals surface area contributed by atoms with Gasteiger partial charge in [-0.25, -0.2) is 4.39 Å². The number of pyridine rings is 1. The Labute approximate surface area is 112 Å². The standard InChI is InChI=1S/C15H17FN2O/c1-9-6-7-11(15(19-3)10(9)2)13(17)14-12(16)5-4-8-18-14/h4-8,13H,17H2,1-3H3. The van der Waals surface area contributed by atoms with Gasteiger partial charge in [0.15, 0.2) is 0 Å². The third-order valence-electron chi connectivity index (χ3n) is 3.33. The first-order valence-corrected chi connectivity index (χ1v) is 6.06. The average Bonchev–Trinajstić information content (AvgIpc) is 2.41. The molecule has 1 aromatic carbocycles. The lowest BCUT2D eigenvalue weighted by atomic mass is 9.97. The molecule has 0 spiro atoms. The summed E-state index contributed by atoms with van der Waals surface area (Å²) in [6.07, 6.45) is 1.53. The predicted molar refractivity (Wildman–Crippen MR) is 72.7 cm³/mol. The Morgan fingerprint density at radius 3 is 2.63 bits per heavy atom. The van der Waals surface area contributed by atoms with Crippen LogP contribution in [0.5, 0.6) is 5.75 Å². The molecule has 0 aliphatic rings. The summed E-state index contributed by atoms with van der Waals surface area (Å²) >= 11 is 0. The summed E-state index contributed by atoms with van der Waals surface area (Å²) in [5.41, 5.74) is 9.21. The second-order valence-corrected chi connectivity index (χ2v) is 4.48. The molecule has 0 radical (unpaired) electrons. The van der Waals surface area contributed by atoms with Crippen molar-refractivity contribution in [1.29, 1.82) is 0 Å². The van der Waals surface area contributed by atoms with Gasteiger partial charge in [0.1, 0.15) is 11.6 Å². The van der Waals surface area contributed by atoms with Gasteiger partial charge in [-0.2, -0.15) is 0 Å². The second kappa shape index (κ2) is 5.36. The summed E-state index contributed by atoms with van der Waals surface area (Å²) < 4.78 is 19.2. The highest BCUT2D eigenvalue weighted by Crippen LogP contribution is 2.32. The van der Waals surface area contributed by atoms with Crippen molar-refractivity contribution >= 4 is 0 Å². The molecule has 4 heteroatoms. The summed E-state index contributed by atoms with van der Waals surface area (Å²) in [4.78, 5) is 4.03. The maximum Gasteiger partial charge on any atom is 0.146 e. The van der Waals surface area contributed by atoms with Crippen LogP contribution in [0.4, 0.5) is 4.39 Å². The molecule has 1 aromatic heterocycles. The molecule has 0 aliphatic carbocycles. The summed E-state index contributed by atoms with van der Waals surface area (Å²) in [5, 5.41) is 0. The van der Waals surface area contributed by atoms with E-state index in [9.17, 15) is 4.39 Å². The Kier molecular flexibility index (Phi) is 3.81. The zero-order valence-corrected chi connectivity index (χ0v) is 11.3. The molecule has 0 fully saturated rings. The smallest absolute Gasteiger partial charge is 0.146 e. The van der Waals surface area contributed by atoms with Gasteiger partial charge in [0, 0.05) is 11.8 Å². The van der Waals surface area contributed by atoms with Crippen LogP contribution in [0.2, 0.25) is 0 Å². The summed E-state index contributed by atoms with van der Waals surface area (Å²) in [6.45, 7) is 3.95. The first-order chi connectivity index (χ1) is 9.06. The lowest BCUT2D eigenvalue weighted by Crippen LogP contribution is -2.17. The van der Waals surface area contributed by atoms with Crippen LogP contribution < -0.4 is 10.5 Å². The van der Waals surface area contributed by atoms with E-state index in [0.717, 1.165) is 16.7 Å². The van der Waals surface area contributed by atoms with Gasteiger partial charge in [0.05, 0.1) is 18.8 Å². The molecule has 0 saturated heterocycles. The number of aryl methyl sites for hydroxylation is 1. The Balaban J connectivity index is 2.53. The molecule has 0 saturated carbocycles. The van der Waals surface area contributed by atoms with Crippen LogP contribution >= 0.6 is 0 Å². The minimum Gasteiger partial charge on any atom is -0.496 e. The molecule has 1 unspecified atom stereocenters. The fourth-order valence-corrected chi connectivity index (χ4v) is 2.10. The maximum absolute atomic E-state index is 13.8. The maximum atomic E-state index is 13.8. The molecule has 100 valence electrons. The second-order valence-electron chi connectivity index (χ2n) is 4.48. The molecule has 1 heterocycles. The number of nitrogens with zero attached hydrogens (tertiary/aromatic N) is 1. The van der Waals surface area contributed by atoms with Crippen LogP contribution in [0.1, 0.15) is 28.4 Å². The molecule has 3 nitrogen and oxygen atoms in total. The van der Waals surface area contributed by atoms with Crippen LogP contribution in [-0.2, 0) is 0 Å². The van der Waals surface area contributed by atoms with Crippen molar-refractivity contribution in [1.82, 2.24) is 4.98 Å². The molecule has 2 rings (SSSR count).